The van der Waals surface area contributed by atoms with E-state index in [0.717, 1.165) is 11.1 Å². The van der Waals surface area contributed by atoms with Gasteiger partial charge in [0.25, 0.3) is 0 Å². The van der Waals surface area contributed by atoms with Gasteiger partial charge in [0, 0.05) is 5.69 Å². The number of hydrogen-bond acceptors (Lipinski definition) is 6. The van der Waals surface area contributed by atoms with Crippen molar-refractivity contribution in [3.63, 3.8) is 0 Å². The molecule has 2 N–H and O–H groups in total. The first kappa shape index (κ1) is 22.6. The molecule has 0 aliphatic heterocycles. The molecule has 2 aromatic carbocycles. The number of esters is 1. The Morgan fingerprint density at radius 3 is 2.60 bits per heavy atom. The normalized spacial score (nSPS) is 10.5. The molecule has 0 fully saturated rings. The number of nitrogens with zero attached hydrogens (tertiary/aromatic N) is 1. The van der Waals surface area contributed by atoms with Gasteiger partial charge in [0.1, 0.15) is 12.2 Å². The number of carbonyl (C=O) groups is 3. The van der Waals surface area contributed by atoms with Gasteiger partial charge in [0.15, 0.2) is 6.61 Å². The Morgan fingerprint density at radius 2 is 1.87 bits per heavy atom. The smallest absolute Gasteiger partial charge is 0.344 e. The monoisotopic (exact) mass is 411 g/mol. The number of hydrogen-bond donors (Lipinski definition) is 2. The molecule has 0 saturated heterocycles. The van der Waals surface area contributed by atoms with Gasteiger partial charge in [-0.25, -0.2) is 10.2 Å². The number of amides is 2. The van der Waals surface area contributed by atoms with Crippen LogP contribution in [0, 0.1) is 13.8 Å². The van der Waals surface area contributed by atoms with Crippen molar-refractivity contribution < 1.29 is 23.9 Å². The van der Waals surface area contributed by atoms with Crippen LogP contribution in [0.4, 0.5) is 5.69 Å². The van der Waals surface area contributed by atoms with E-state index in [1.54, 1.807) is 37.3 Å². The van der Waals surface area contributed by atoms with E-state index in [9.17, 15) is 14.4 Å². The van der Waals surface area contributed by atoms with E-state index in [1.807, 2.05) is 26.0 Å². The number of hydrazone groups is 1. The van der Waals surface area contributed by atoms with Gasteiger partial charge in [0.2, 0.25) is 11.8 Å². The number of nitrogens with one attached hydrogen (secondary N) is 2. The summed E-state index contributed by atoms with van der Waals surface area (Å²) in [5.41, 5.74) is 5.64. The van der Waals surface area contributed by atoms with Crippen LogP contribution in [0.25, 0.3) is 0 Å². The molecule has 0 aromatic heterocycles. The molecule has 0 bridgehead atoms. The lowest BCUT2D eigenvalue weighted by Gasteiger charge is -2.08. The Labute approximate surface area is 175 Å². The molecule has 0 aliphatic rings. The van der Waals surface area contributed by atoms with Gasteiger partial charge >= 0.3 is 5.97 Å². The van der Waals surface area contributed by atoms with Gasteiger partial charge in [-0.2, -0.15) is 5.10 Å². The largest absolute Gasteiger partial charge is 0.482 e. The van der Waals surface area contributed by atoms with Crippen LogP contribution in [0.5, 0.6) is 5.75 Å². The van der Waals surface area contributed by atoms with E-state index in [0.29, 0.717) is 17.0 Å². The molecule has 30 heavy (non-hydrogen) atoms. The number of anilines is 1. The van der Waals surface area contributed by atoms with Gasteiger partial charge in [-0.3, -0.25) is 9.59 Å². The van der Waals surface area contributed by atoms with Gasteiger partial charge < -0.3 is 14.8 Å². The first-order valence-corrected chi connectivity index (χ1v) is 9.45. The quantitative estimate of drug-likeness (QED) is 0.286. The average Bonchev–Trinajstić information content (AvgIpc) is 2.69. The maximum atomic E-state index is 12.0. The summed E-state index contributed by atoms with van der Waals surface area (Å²) in [5.74, 6) is -0.957. The van der Waals surface area contributed by atoms with Gasteiger partial charge in [-0.05, 0) is 50.1 Å². The number of benzene rings is 2. The zero-order valence-corrected chi connectivity index (χ0v) is 17.2. The molecule has 0 atom stereocenters. The molecule has 2 rings (SSSR count). The fourth-order valence-corrected chi connectivity index (χ4v) is 2.54. The topological polar surface area (TPSA) is 106 Å². The molecule has 2 amide bonds. The Morgan fingerprint density at radius 1 is 1.07 bits per heavy atom. The minimum absolute atomic E-state index is 0.194. The van der Waals surface area contributed by atoms with Gasteiger partial charge in [-0.1, -0.05) is 29.8 Å². The molecule has 8 heteroatoms. The SMILES string of the molecule is CCOC(=O)COc1cccc(C=NNC(=O)CC(=O)Nc2ccc(C)cc2C)c1. The standard InChI is InChI=1S/C22H25N3O5/c1-4-29-22(28)14-30-18-7-5-6-17(11-18)13-23-25-21(27)12-20(26)24-19-9-8-15(2)10-16(19)3/h5-11,13H,4,12,14H2,1-3H3,(H,24,26)(H,25,27). The highest BCUT2D eigenvalue weighted by Gasteiger charge is 2.10. The van der Waals surface area contributed by atoms with Crippen LogP contribution in [0.15, 0.2) is 47.6 Å². The molecule has 2 aromatic rings. The molecule has 0 saturated carbocycles. The van der Waals surface area contributed by atoms with Crippen LogP contribution in [0.3, 0.4) is 0 Å². The molecule has 0 heterocycles. The van der Waals surface area contributed by atoms with Gasteiger partial charge in [-0.15, -0.1) is 0 Å². The van der Waals surface area contributed by atoms with Gasteiger partial charge in [0.05, 0.1) is 12.8 Å². The third kappa shape index (κ3) is 7.75. The maximum Gasteiger partial charge on any atom is 0.344 e. The van der Waals surface area contributed by atoms with Crippen molar-refractivity contribution in [3.05, 3.63) is 59.2 Å². The second-order valence-corrected chi connectivity index (χ2v) is 6.50. The average molecular weight is 411 g/mol. The first-order chi connectivity index (χ1) is 14.4. The number of rotatable bonds is 9. The summed E-state index contributed by atoms with van der Waals surface area (Å²) in [4.78, 5) is 35.3. The third-order valence-corrected chi connectivity index (χ3v) is 3.90. The molecule has 0 aliphatic carbocycles. The summed E-state index contributed by atoms with van der Waals surface area (Å²) in [6.07, 6.45) is 1.06. The lowest BCUT2D eigenvalue weighted by Crippen LogP contribution is -2.24. The highest BCUT2D eigenvalue weighted by molar-refractivity contribution is 6.04. The minimum atomic E-state index is -0.539. The second-order valence-electron chi connectivity index (χ2n) is 6.50. The van der Waals surface area contributed by atoms with Crippen molar-refractivity contribution in [2.45, 2.75) is 27.2 Å². The Balaban J connectivity index is 1.81. The second kappa shape index (κ2) is 11.4. The van der Waals surface area contributed by atoms with Crippen LogP contribution < -0.4 is 15.5 Å². The van der Waals surface area contributed by atoms with Crippen molar-refractivity contribution in [3.8, 4) is 5.75 Å². The van der Waals surface area contributed by atoms with Crippen molar-refractivity contribution in [2.24, 2.45) is 5.10 Å². The van der Waals surface area contributed by atoms with Crippen LogP contribution in [-0.4, -0.2) is 37.2 Å². The van der Waals surface area contributed by atoms with E-state index in [4.69, 9.17) is 9.47 Å². The Bertz CT molecular complexity index is 940. The summed E-state index contributed by atoms with van der Waals surface area (Å²) in [5, 5.41) is 6.55. The van der Waals surface area contributed by atoms with Crippen LogP contribution in [0.1, 0.15) is 30.0 Å². The molecule has 8 nitrogen and oxygen atoms in total. The predicted octanol–water partition coefficient (Wildman–Crippen LogP) is 2.72. The summed E-state index contributed by atoms with van der Waals surface area (Å²) >= 11 is 0. The molecule has 0 radical (unpaired) electrons. The van der Waals surface area contributed by atoms with E-state index in [1.165, 1.54) is 6.21 Å². The number of ether oxygens (including phenoxy) is 2. The van der Waals surface area contributed by atoms with E-state index in [-0.39, 0.29) is 19.6 Å². The fraction of sp³-hybridized carbons (Fsp3) is 0.273. The number of aryl methyl sites for hydroxylation is 2. The van der Waals surface area contributed by atoms with Crippen molar-refractivity contribution in [1.82, 2.24) is 5.43 Å². The maximum absolute atomic E-state index is 12.0. The van der Waals surface area contributed by atoms with E-state index >= 15 is 0 Å². The lowest BCUT2D eigenvalue weighted by molar-refractivity contribution is -0.145. The molecular formula is C22H25N3O5. The van der Waals surface area contributed by atoms with Crippen LogP contribution in [-0.2, 0) is 19.1 Å². The number of carbonyl (C=O) groups excluding carboxylic acids is 3. The van der Waals surface area contributed by atoms with Crippen molar-refractivity contribution in [2.75, 3.05) is 18.5 Å². The lowest BCUT2D eigenvalue weighted by atomic mass is 10.1. The third-order valence-electron chi connectivity index (χ3n) is 3.90. The van der Waals surface area contributed by atoms with Crippen molar-refractivity contribution >= 4 is 29.7 Å². The summed E-state index contributed by atoms with van der Waals surface area (Å²) in [7, 11) is 0. The minimum Gasteiger partial charge on any atom is -0.482 e. The molecular weight excluding hydrogens is 386 g/mol. The van der Waals surface area contributed by atoms with E-state index in [2.05, 4.69) is 15.8 Å². The first-order valence-electron chi connectivity index (χ1n) is 9.45. The molecule has 0 unspecified atom stereocenters. The highest BCUT2D eigenvalue weighted by Crippen LogP contribution is 2.16. The Hall–Kier alpha value is -3.68. The highest BCUT2D eigenvalue weighted by atomic mass is 16.6. The van der Waals surface area contributed by atoms with Crippen molar-refractivity contribution in [1.29, 1.82) is 0 Å². The van der Waals surface area contributed by atoms with Crippen LogP contribution >= 0.6 is 0 Å². The molecule has 0 spiro atoms. The van der Waals surface area contributed by atoms with Crippen LogP contribution in [0.2, 0.25) is 0 Å². The predicted molar refractivity (Wildman–Crippen MR) is 113 cm³/mol. The zero-order chi connectivity index (χ0) is 21.9. The summed E-state index contributed by atoms with van der Waals surface area (Å²) in [6.45, 7) is 5.66. The zero-order valence-electron chi connectivity index (χ0n) is 17.2. The summed E-state index contributed by atoms with van der Waals surface area (Å²) < 4.78 is 10.1. The fourth-order valence-electron chi connectivity index (χ4n) is 2.54. The summed E-state index contributed by atoms with van der Waals surface area (Å²) in [6, 6.07) is 12.5. The molecule has 158 valence electrons. The van der Waals surface area contributed by atoms with E-state index < -0.39 is 17.8 Å². The Kier molecular flexibility index (Phi) is 8.56.